The minimum absolute atomic E-state index is 0.0648. The van der Waals surface area contributed by atoms with E-state index in [1.807, 2.05) is 36.5 Å². The molecular weight excluding hydrogens is 234 g/mol. The topological polar surface area (TPSA) is 42.2 Å². The van der Waals surface area contributed by atoms with Gasteiger partial charge in [-0.3, -0.25) is 4.98 Å². The van der Waals surface area contributed by atoms with Crippen LogP contribution in [0.4, 0.5) is 0 Å². The first-order valence-electron chi connectivity index (χ1n) is 6.64. The number of pyridine rings is 1. The molecule has 2 rings (SSSR count). The van der Waals surface area contributed by atoms with Gasteiger partial charge in [0.1, 0.15) is 0 Å². The predicted molar refractivity (Wildman–Crippen MR) is 78.8 cm³/mol. The molecule has 2 N–H and O–H groups in total. The number of aromatic nitrogens is 1. The molecule has 19 heavy (non-hydrogen) atoms. The molecule has 0 bridgehead atoms. The van der Waals surface area contributed by atoms with Crippen LogP contribution in [0.2, 0.25) is 0 Å². The highest BCUT2D eigenvalue weighted by Crippen LogP contribution is 2.10. The van der Waals surface area contributed by atoms with Crippen molar-refractivity contribution >= 4 is 0 Å². The van der Waals surface area contributed by atoms with Gasteiger partial charge in [-0.05, 0) is 24.7 Å². The summed E-state index contributed by atoms with van der Waals surface area (Å²) < 4.78 is 0. The van der Waals surface area contributed by atoms with Gasteiger partial charge in [0, 0.05) is 37.4 Å². The smallest absolute Gasteiger partial charge is 0.0424 e. The van der Waals surface area contributed by atoms with E-state index in [0.29, 0.717) is 0 Å². The lowest BCUT2D eigenvalue weighted by Gasteiger charge is -2.21. The van der Waals surface area contributed by atoms with Crippen LogP contribution in [0.15, 0.2) is 54.7 Å². The van der Waals surface area contributed by atoms with Crippen molar-refractivity contribution in [2.45, 2.75) is 12.5 Å². The maximum absolute atomic E-state index is 6.21. The lowest BCUT2D eigenvalue weighted by molar-refractivity contribution is 0.315. The number of hydrogen-bond donors (Lipinski definition) is 1. The largest absolute Gasteiger partial charge is 0.323 e. The molecule has 3 heteroatoms. The molecular formula is C16H21N3. The molecule has 1 aromatic carbocycles. The Balaban J connectivity index is 1.80. The molecule has 100 valence electrons. The third kappa shape index (κ3) is 4.47. The average Bonchev–Trinajstić information content (AvgIpc) is 2.47. The fraction of sp³-hybridized carbons (Fsp3) is 0.312. The molecule has 1 unspecified atom stereocenters. The summed E-state index contributed by atoms with van der Waals surface area (Å²) in [6, 6.07) is 16.3. The van der Waals surface area contributed by atoms with Crippen molar-refractivity contribution in [1.82, 2.24) is 9.88 Å². The second kappa shape index (κ2) is 7.02. The standard InChI is InChI=1S/C16H21N3/c1-19(12-10-15-9-5-6-11-18-15)13-16(17)14-7-3-2-4-8-14/h2-9,11,16H,10,12-13,17H2,1H3. The summed E-state index contributed by atoms with van der Waals surface area (Å²) in [6.07, 6.45) is 2.80. The van der Waals surface area contributed by atoms with Gasteiger partial charge < -0.3 is 10.6 Å². The van der Waals surface area contributed by atoms with Crippen molar-refractivity contribution in [3.63, 3.8) is 0 Å². The van der Waals surface area contributed by atoms with Crippen molar-refractivity contribution in [2.75, 3.05) is 20.1 Å². The first-order chi connectivity index (χ1) is 9.25. The first-order valence-corrected chi connectivity index (χ1v) is 6.64. The Morgan fingerprint density at radius 2 is 1.84 bits per heavy atom. The molecule has 0 fully saturated rings. The molecule has 1 aromatic heterocycles. The summed E-state index contributed by atoms with van der Waals surface area (Å²) in [6.45, 7) is 1.83. The zero-order valence-corrected chi connectivity index (χ0v) is 11.4. The number of nitrogens with zero attached hydrogens (tertiary/aromatic N) is 2. The van der Waals surface area contributed by atoms with E-state index in [4.69, 9.17) is 5.73 Å². The van der Waals surface area contributed by atoms with Crippen LogP contribution in [0.1, 0.15) is 17.3 Å². The Kier molecular flexibility index (Phi) is 5.07. The van der Waals surface area contributed by atoms with Crippen LogP contribution in [0, 0.1) is 0 Å². The summed E-state index contributed by atoms with van der Waals surface area (Å²) in [7, 11) is 2.10. The molecule has 0 amide bonds. The maximum Gasteiger partial charge on any atom is 0.0424 e. The Morgan fingerprint density at radius 1 is 1.11 bits per heavy atom. The number of nitrogens with two attached hydrogens (primary N) is 1. The molecule has 0 aliphatic heterocycles. The number of hydrogen-bond acceptors (Lipinski definition) is 3. The lowest BCUT2D eigenvalue weighted by Crippen LogP contribution is -2.30. The van der Waals surface area contributed by atoms with Crippen LogP contribution in [-0.2, 0) is 6.42 Å². The summed E-state index contributed by atoms with van der Waals surface area (Å²) in [5.41, 5.74) is 8.52. The van der Waals surface area contributed by atoms with E-state index in [0.717, 1.165) is 25.2 Å². The fourth-order valence-electron chi connectivity index (χ4n) is 2.08. The quantitative estimate of drug-likeness (QED) is 0.861. The molecule has 3 nitrogen and oxygen atoms in total. The van der Waals surface area contributed by atoms with Crippen molar-refractivity contribution in [3.05, 3.63) is 66.0 Å². The molecule has 0 aliphatic carbocycles. The van der Waals surface area contributed by atoms with Crippen LogP contribution in [0.5, 0.6) is 0 Å². The lowest BCUT2D eigenvalue weighted by atomic mass is 10.1. The zero-order valence-electron chi connectivity index (χ0n) is 11.4. The number of benzene rings is 1. The Bertz CT molecular complexity index is 470. The van der Waals surface area contributed by atoms with E-state index in [1.165, 1.54) is 5.56 Å². The second-order valence-electron chi connectivity index (χ2n) is 4.85. The minimum atomic E-state index is 0.0648. The Labute approximate surface area is 115 Å². The normalized spacial score (nSPS) is 12.6. The van der Waals surface area contributed by atoms with Crippen molar-refractivity contribution in [3.8, 4) is 0 Å². The number of rotatable bonds is 6. The van der Waals surface area contributed by atoms with E-state index in [-0.39, 0.29) is 6.04 Å². The van der Waals surface area contributed by atoms with Gasteiger partial charge in [-0.15, -0.1) is 0 Å². The van der Waals surface area contributed by atoms with Crippen LogP contribution < -0.4 is 5.73 Å². The Hall–Kier alpha value is -1.71. The zero-order chi connectivity index (χ0) is 13.5. The monoisotopic (exact) mass is 255 g/mol. The van der Waals surface area contributed by atoms with Crippen LogP contribution >= 0.6 is 0 Å². The van der Waals surface area contributed by atoms with E-state index >= 15 is 0 Å². The van der Waals surface area contributed by atoms with Crippen molar-refractivity contribution in [1.29, 1.82) is 0 Å². The summed E-state index contributed by atoms with van der Waals surface area (Å²) in [5, 5.41) is 0. The van der Waals surface area contributed by atoms with Crippen molar-refractivity contribution < 1.29 is 0 Å². The molecule has 2 aromatic rings. The molecule has 0 saturated heterocycles. The number of likely N-dealkylation sites (N-methyl/N-ethyl adjacent to an activating group) is 1. The molecule has 0 spiro atoms. The van der Waals surface area contributed by atoms with Gasteiger partial charge in [0.05, 0.1) is 0 Å². The molecule has 1 heterocycles. The van der Waals surface area contributed by atoms with Crippen LogP contribution in [0.3, 0.4) is 0 Å². The third-order valence-corrected chi connectivity index (χ3v) is 3.21. The van der Waals surface area contributed by atoms with E-state index < -0.39 is 0 Å². The van der Waals surface area contributed by atoms with Gasteiger partial charge in [0.25, 0.3) is 0 Å². The average molecular weight is 255 g/mol. The minimum Gasteiger partial charge on any atom is -0.323 e. The molecule has 1 atom stereocenters. The fourth-order valence-corrected chi connectivity index (χ4v) is 2.08. The van der Waals surface area contributed by atoms with Gasteiger partial charge in [0.15, 0.2) is 0 Å². The van der Waals surface area contributed by atoms with Crippen LogP contribution in [0.25, 0.3) is 0 Å². The maximum atomic E-state index is 6.21. The summed E-state index contributed by atoms with van der Waals surface area (Å²) in [4.78, 5) is 6.59. The predicted octanol–water partition coefficient (Wildman–Crippen LogP) is 2.26. The van der Waals surface area contributed by atoms with Gasteiger partial charge in [-0.25, -0.2) is 0 Å². The van der Waals surface area contributed by atoms with Gasteiger partial charge in [0.2, 0.25) is 0 Å². The van der Waals surface area contributed by atoms with Gasteiger partial charge in [-0.1, -0.05) is 36.4 Å². The second-order valence-corrected chi connectivity index (χ2v) is 4.85. The van der Waals surface area contributed by atoms with Crippen molar-refractivity contribution in [2.24, 2.45) is 5.73 Å². The highest BCUT2D eigenvalue weighted by atomic mass is 15.1. The summed E-state index contributed by atoms with van der Waals surface area (Å²) in [5.74, 6) is 0. The highest BCUT2D eigenvalue weighted by molar-refractivity contribution is 5.18. The third-order valence-electron chi connectivity index (χ3n) is 3.21. The molecule has 0 aliphatic rings. The van der Waals surface area contributed by atoms with E-state index in [9.17, 15) is 0 Å². The van der Waals surface area contributed by atoms with Crippen LogP contribution in [-0.4, -0.2) is 30.0 Å². The first kappa shape index (κ1) is 13.7. The van der Waals surface area contributed by atoms with Gasteiger partial charge >= 0.3 is 0 Å². The Morgan fingerprint density at radius 3 is 2.53 bits per heavy atom. The summed E-state index contributed by atoms with van der Waals surface area (Å²) >= 11 is 0. The molecule has 0 radical (unpaired) electrons. The molecule has 0 saturated carbocycles. The SMILES string of the molecule is CN(CCc1ccccn1)CC(N)c1ccccc1. The van der Waals surface area contributed by atoms with E-state index in [1.54, 1.807) is 0 Å². The highest BCUT2D eigenvalue weighted by Gasteiger charge is 2.08. The van der Waals surface area contributed by atoms with Gasteiger partial charge in [-0.2, -0.15) is 0 Å². The van der Waals surface area contributed by atoms with E-state index in [2.05, 4.69) is 35.1 Å².